The standard InChI is InChI=1S/C20H22ClNO4/c1-11-7-6-8-15(13(11)3)20(24)26-14(4)19(23)22-17-9-12(2)16(21)10-18(17)25-5/h6-10,14H,1-5H3,(H,22,23). The lowest BCUT2D eigenvalue weighted by Gasteiger charge is -2.17. The number of amides is 1. The Morgan fingerprint density at radius 1 is 1.12 bits per heavy atom. The molecule has 0 aliphatic heterocycles. The Morgan fingerprint density at radius 3 is 2.46 bits per heavy atom. The third kappa shape index (κ3) is 4.35. The van der Waals surface area contributed by atoms with Crippen LogP contribution in [0.2, 0.25) is 5.02 Å². The van der Waals surface area contributed by atoms with Crippen molar-refractivity contribution in [2.75, 3.05) is 12.4 Å². The molecule has 1 unspecified atom stereocenters. The lowest BCUT2D eigenvalue weighted by Crippen LogP contribution is -2.30. The molecule has 0 spiro atoms. The molecule has 1 N–H and O–H groups in total. The van der Waals surface area contributed by atoms with Crippen molar-refractivity contribution in [3.05, 3.63) is 57.6 Å². The summed E-state index contributed by atoms with van der Waals surface area (Å²) in [6.45, 7) is 7.10. The van der Waals surface area contributed by atoms with Crippen LogP contribution in [0.25, 0.3) is 0 Å². The first-order chi connectivity index (χ1) is 12.2. The van der Waals surface area contributed by atoms with Crippen molar-refractivity contribution in [1.82, 2.24) is 0 Å². The van der Waals surface area contributed by atoms with Crippen LogP contribution in [-0.4, -0.2) is 25.1 Å². The number of carbonyl (C=O) groups excluding carboxylic acids is 2. The fraction of sp³-hybridized carbons (Fsp3) is 0.300. The molecule has 0 bridgehead atoms. The maximum atomic E-state index is 12.4. The molecule has 0 aliphatic rings. The monoisotopic (exact) mass is 375 g/mol. The van der Waals surface area contributed by atoms with Crippen LogP contribution in [0.15, 0.2) is 30.3 Å². The number of hydrogen-bond donors (Lipinski definition) is 1. The SMILES string of the molecule is COc1cc(Cl)c(C)cc1NC(=O)C(C)OC(=O)c1cccc(C)c1C. The van der Waals surface area contributed by atoms with Gasteiger partial charge in [-0.1, -0.05) is 23.7 Å². The van der Waals surface area contributed by atoms with Gasteiger partial charge in [0, 0.05) is 11.1 Å². The number of anilines is 1. The molecule has 0 saturated heterocycles. The number of hydrogen-bond acceptors (Lipinski definition) is 4. The van der Waals surface area contributed by atoms with Crippen LogP contribution in [-0.2, 0) is 9.53 Å². The Morgan fingerprint density at radius 2 is 1.81 bits per heavy atom. The van der Waals surface area contributed by atoms with E-state index in [4.69, 9.17) is 21.1 Å². The van der Waals surface area contributed by atoms with Crippen molar-refractivity contribution >= 4 is 29.2 Å². The Balaban J connectivity index is 2.12. The first-order valence-corrected chi connectivity index (χ1v) is 8.54. The van der Waals surface area contributed by atoms with Crippen molar-refractivity contribution in [2.24, 2.45) is 0 Å². The van der Waals surface area contributed by atoms with E-state index < -0.39 is 18.0 Å². The Bertz CT molecular complexity index is 848. The minimum absolute atomic E-state index is 0.432. The molecule has 0 heterocycles. The van der Waals surface area contributed by atoms with Crippen LogP contribution in [0.1, 0.15) is 34.0 Å². The molecule has 5 nitrogen and oxygen atoms in total. The van der Waals surface area contributed by atoms with Gasteiger partial charge in [-0.05, 0) is 56.5 Å². The van der Waals surface area contributed by atoms with Crippen LogP contribution in [0.4, 0.5) is 5.69 Å². The fourth-order valence-corrected chi connectivity index (χ4v) is 2.57. The second-order valence-electron chi connectivity index (χ2n) is 6.09. The molecule has 138 valence electrons. The van der Waals surface area contributed by atoms with Gasteiger partial charge >= 0.3 is 5.97 Å². The predicted octanol–water partition coefficient (Wildman–Crippen LogP) is 4.46. The third-order valence-corrected chi connectivity index (χ3v) is 4.62. The second-order valence-corrected chi connectivity index (χ2v) is 6.49. The van der Waals surface area contributed by atoms with Crippen molar-refractivity contribution in [3.63, 3.8) is 0 Å². The average Bonchev–Trinajstić information content (AvgIpc) is 2.59. The quantitative estimate of drug-likeness (QED) is 0.784. The van der Waals surface area contributed by atoms with Gasteiger partial charge < -0.3 is 14.8 Å². The van der Waals surface area contributed by atoms with E-state index in [0.717, 1.165) is 16.7 Å². The first-order valence-electron chi connectivity index (χ1n) is 8.16. The van der Waals surface area contributed by atoms with Gasteiger partial charge in [-0.3, -0.25) is 4.79 Å². The highest BCUT2D eigenvalue weighted by Crippen LogP contribution is 2.31. The van der Waals surface area contributed by atoms with Gasteiger partial charge in [0.05, 0.1) is 18.4 Å². The number of rotatable bonds is 5. The van der Waals surface area contributed by atoms with Crippen LogP contribution in [0.5, 0.6) is 5.75 Å². The fourth-order valence-electron chi connectivity index (χ4n) is 2.41. The highest BCUT2D eigenvalue weighted by molar-refractivity contribution is 6.31. The molecular formula is C20H22ClNO4. The van der Waals surface area contributed by atoms with Crippen molar-refractivity contribution in [1.29, 1.82) is 0 Å². The Labute approximate surface area is 158 Å². The molecule has 0 saturated carbocycles. The minimum atomic E-state index is -0.969. The minimum Gasteiger partial charge on any atom is -0.495 e. The van der Waals surface area contributed by atoms with Crippen LogP contribution in [0, 0.1) is 20.8 Å². The number of methoxy groups -OCH3 is 1. The van der Waals surface area contributed by atoms with Gasteiger partial charge in [-0.2, -0.15) is 0 Å². The van der Waals surface area contributed by atoms with Gasteiger partial charge in [0.2, 0.25) is 0 Å². The summed E-state index contributed by atoms with van der Waals surface area (Å²) in [6, 6.07) is 8.71. The van der Waals surface area contributed by atoms with Gasteiger partial charge in [0.1, 0.15) is 5.75 Å². The maximum absolute atomic E-state index is 12.4. The van der Waals surface area contributed by atoms with Crippen LogP contribution < -0.4 is 10.1 Å². The summed E-state index contributed by atoms with van der Waals surface area (Å²) in [5, 5.41) is 3.25. The van der Waals surface area contributed by atoms with Crippen molar-refractivity contribution in [2.45, 2.75) is 33.8 Å². The first kappa shape index (κ1) is 19.8. The van der Waals surface area contributed by atoms with Crippen molar-refractivity contribution < 1.29 is 19.1 Å². The molecule has 0 radical (unpaired) electrons. The third-order valence-electron chi connectivity index (χ3n) is 4.22. The largest absolute Gasteiger partial charge is 0.495 e. The van der Waals surface area contributed by atoms with E-state index in [0.29, 0.717) is 22.0 Å². The van der Waals surface area contributed by atoms with Gasteiger partial charge in [0.15, 0.2) is 6.10 Å². The number of ether oxygens (including phenoxy) is 2. The molecule has 1 amide bonds. The highest BCUT2D eigenvalue weighted by atomic mass is 35.5. The summed E-state index contributed by atoms with van der Waals surface area (Å²) in [5.41, 5.74) is 3.53. The second kappa shape index (κ2) is 8.23. The van der Waals surface area contributed by atoms with Gasteiger partial charge in [0.25, 0.3) is 5.91 Å². The van der Waals surface area contributed by atoms with Crippen molar-refractivity contribution in [3.8, 4) is 5.75 Å². The molecule has 2 aromatic rings. The van der Waals surface area contributed by atoms with Gasteiger partial charge in [-0.25, -0.2) is 4.79 Å². The Hall–Kier alpha value is -2.53. The maximum Gasteiger partial charge on any atom is 0.339 e. The number of halogens is 1. The summed E-state index contributed by atoms with van der Waals surface area (Å²) in [5.74, 6) is -0.557. The van der Waals surface area contributed by atoms with Gasteiger partial charge in [-0.15, -0.1) is 0 Å². The number of carbonyl (C=O) groups is 2. The summed E-state index contributed by atoms with van der Waals surface area (Å²) < 4.78 is 10.6. The van der Waals surface area contributed by atoms with E-state index in [9.17, 15) is 9.59 Å². The molecule has 0 aromatic heterocycles. The lowest BCUT2D eigenvalue weighted by molar-refractivity contribution is -0.123. The van der Waals surface area contributed by atoms with E-state index >= 15 is 0 Å². The Kier molecular flexibility index (Phi) is 6.27. The predicted molar refractivity (Wildman–Crippen MR) is 102 cm³/mol. The van der Waals surface area contributed by atoms with E-state index in [2.05, 4.69) is 5.32 Å². The lowest BCUT2D eigenvalue weighted by atomic mass is 10.0. The molecule has 0 fully saturated rings. The van der Waals surface area contributed by atoms with E-state index in [1.807, 2.05) is 26.8 Å². The summed E-state index contributed by atoms with van der Waals surface area (Å²) in [4.78, 5) is 24.8. The highest BCUT2D eigenvalue weighted by Gasteiger charge is 2.21. The van der Waals surface area contributed by atoms with E-state index in [1.165, 1.54) is 14.0 Å². The zero-order valence-corrected chi connectivity index (χ0v) is 16.2. The van der Waals surface area contributed by atoms with E-state index in [-0.39, 0.29) is 0 Å². The topological polar surface area (TPSA) is 64.6 Å². The average molecular weight is 376 g/mol. The zero-order valence-electron chi connectivity index (χ0n) is 15.5. The zero-order chi connectivity index (χ0) is 19.4. The van der Waals surface area contributed by atoms with E-state index in [1.54, 1.807) is 24.3 Å². The molecule has 2 rings (SSSR count). The molecule has 1 atom stereocenters. The van der Waals surface area contributed by atoms with Crippen LogP contribution >= 0.6 is 11.6 Å². The summed E-state index contributed by atoms with van der Waals surface area (Å²) >= 11 is 6.07. The van der Waals surface area contributed by atoms with Crippen LogP contribution in [0.3, 0.4) is 0 Å². The molecule has 0 aliphatic carbocycles. The number of benzene rings is 2. The number of aryl methyl sites for hydroxylation is 2. The molecule has 2 aromatic carbocycles. The summed E-state index contributed by atoms with van der Waals surface area (Å²) in [7, 11) is 1.49. The number of esters is 1. The smallest absolute Gasteiger partial charge is 0.339 e. The molecular weight excluding hydrogens is 354 g/mol. The normalized spacial score (nSPS) is 11.6. The molecule has 26 heavy (non-hydrogen) atoms. The molecule has 6 heteroatoms. The summed E-state index contributed by atoms with van der Waals surface area (Å²) in [6.07, 6.45) is -0.969. The number of nitrogens with one attached hydrogen (secondary N) is 1.